The van der Waals surface area contributed by atoms with Crippen molar-refractivity contribution in [2.24, 2.45) is 5.92 Å². The first-order chi connectivity index (χ1) is 29.6. The summed E-state index contributed by atoms with van der Waals surface area (Å²) in [6, 6.07) is 63.6. The summed E-state index contributed by atoms with van der Waals surface area (Å²) in [4.78, 5) is 9.89. The maximum Gasteiger partial charge on any atom is 0.120 e. The largest absolute Gasteiger partial charge is 0.501 e. The topological polar surface area (TPSA) is 43.9 Å². The van der Waals surface area contributed by atoms with Gasteiger partial charge in [-0.15, -0.1) is 53.6 Å². The molecule has 3 aromatic heterocycles. The fourth-order valence-electron chi connectivity index (χ4n) is 8.34. The van der Waals surface area contributed by atoms with Gasteiger partial charge in [0.25, 0.3) is 0 Å². The third-order valence-electron chi connectivity index (χ3n) is 11.2. The molecule has 0 fully saturated rings. The monoisotopic (exact) mass is 1000 g/mol. The van der Waals surface area contributed by atoms with Gasteiger partial charge in [0, 0.05) is 42.9 Å². The Morgan fingerprint density at radius 3 is 2.11 bits per heavy atom. The number of aryl methyl sites for hydroxylation is 1. The Balaban J connectivity index is 0.000000205. The summed E-state index contributed by atoms with van der Waals surface area (Å²) in [6.07, 6.45) is 3.25. The zero-order chi connectivity index (χ0) is 42.1. The molecule has 10 aromatic rings. The molecule has 10 rings (SSSR count). The number of furan rings is 1. The Labute approximate surface area is 379 Å². The molecule has 62 heavy (non-hydrogen) atoms. The summed E-state index contributed by atoms with van der Waals surface area (Å²) < 4.78 is 8.69. The van der Waals surface area contributed by atoms with Gasteiger partial charge in [0.05, 0.1) is 30.5 Å². The van der Waals surface area contributed by atoms with Crippen LogP contribution in [0.4, 0.5) is 0 Å². The van der Waals surface area contributed by atoms with E-state index in [1.165, 1.54) is 27.4 Å². The number of benzene rings is 7. The molecule has 0 aliphatic carbocycles. The van der Waals surface area contributed by atoms with E-state index in [0.717, 1.165) is 78.9 Å². The van der Waals surface area contributed by atoms with Gasteiger partial charge in [-0.25, -0.2) is 0 Å². The van der Waals surface area contributed by atoms with Crippen LogP contribution in [-0.2, 0) is 26.5 Å². The predicted octanol–water partition coefficient (Wildman–Crippen LogP) is 14.3. The number of pyridine rings is 1. The quantitative estimate of drug-likeness (QED) is 0.113. The zero-order valence-electron chi connectivity index (χ0n) is 36.0. The average molecular weight is 1000 g/mol. The second kappa shape index (κ2) is 18.0. The van der Waals surface area contributed by atoms with Crippen molar-refractivity contribution in [3.05, 3.63) is 193 Å². The van der Waals surface area contributed by atoms with E-state index in [9.17, 15) is 0 Å². The van der Waals surface area contributed by atoms with E-state index in [2.05, 4.69) is 191 Å². The second-order valence-corrected chi connectivity index (χ2v) is 22.3. The van der Waals surface area contributed by atoms with Crippen LogP contribution in [0.5, 0.6) is 0 Å². The zero-order valence-corrected chi connectivity index (χ0v) is 39.4. The van der Waals surface area contributed by atoms with Crippen LogP contribution in [0.1, 0.15) is 25.0 Å². The van der Waals surface area contributed by atoms with E-state index in [-0.39, 0.29) is 20.1 Å². The third kappa shape index (κ3) is 8.64. The summed E-state index contributed by atoms with van der Waals surface area (Å²) >= 11 is 0. The van der Waals surface area contributed by atoms with Gasteiger partial charge in [0.15, 0.2) is 0 Å². The van der Waals surface area contributed by atoms with Crippen molar-refractivity contribution in [1.29, 1.82) is 0 Å². The fourth-order valence-corrected chi connectivity index (χ4v) is 9.93. The first-order valence-corrected chi connectivity index (χ1v) is 24.7. The van der Waals surface area contributed by atoms with Crippen LogP contribution in [0.15, 0.2) is 174 Å². The van der Waals surface area contributed by atoms with E-state index in [4.69, 9.17) is 14.4 Å². The summed E-state index contributed by atoms with van der Waals surface area (Å²) in [5.41, 5.74) is 15.0. The molecular weight excluding hydrogens is 951 g/mol. The molecule has 4 nitrogen and oxygen atoms in total. The van der Waals surface area contributed by atoms with Crippen molar-refractivity contribution in [3.8, 4) is 50.6 Å². The molecule has 0 aliphatic rings. The van der Waals surface area contributed by atoms with Crippen molar-refractivity contribution in [3.63, 3.8) is 0 Å². The summed E-state index contributed by atoms with van der Waals surface area (Å²) in [5, 5.41) is 3.64. The Kier molecular flexibility index (Phi) is 12.4. The van der Waals surface area contributed by atoms with Crippen LogP contribution in [0.2, 0.25) is 19.6 Å². The standard InChI is InChI=1S/C37H23N2O.C19H26NSi.Ir/c1-3-12-25(13-4-1)27-22-23-33(31(24-27)26-14-5-2-6-15-26)39-34-20-9-8-19-32(34)38-37(39)30-18-11-17-29-28-16-7-10-21-35(28)40-36(29)30;1-14(2)10-17-12-18(16-9-7-8-15(3)11-16)20-13-19(17)21(4,5)6;/h1-17,19-24H;7-8,11-14H,10H2,1-6H3;/q2*-1;. The molecule has 0 unspecified atom stereocenters. The summed E-state index contributed by atoms with van der Waals surface area (Å²) in [5.74, 6) is 1.47. The van der Waals surface area contributed by atoms with Gasteiger partial charge in [0.1, 0.15) is 5.58 Å². The minimum absolute atomic E-state index is 0. The maximum atomic E-state index is 6.43. The average Bonchev–Trinajstić information content (AvgIpc) is 3.85. The first-order valence-electron chi connectivity index (χ1n) is 21.2. The van der Waals surface area contributed by atoms with Crippen molar-refractivity contribution in [1.82, 2.24) is 14.5 Å². The van der Waals surface area contributed by atoms with Crippen LogP contribution in [-0.4, -0.2) is 22.6 Å². The van der Waals surface area contributed by atoms with Crippen molar-refractivity contribution >= 4 is 46.2 Å². The Bertz CT molecular complexity index is 3140. The van der Waals surface area contributed by atoms with Gasteiger partial charge in [-0.2, -0.15) is 0 Å². The number of hydrogen-bond donors (Lipinski definition) is 0. The number of fused-ring (bicyclic) bond motifs is 4. The number of hydrogen-bond acceptors (Lipinski definition) is 3. The Morgan fingerprint density at radius 1 is 0.677 bits per heavy atom. The third-order valence-corrected chi connectivity index (χ3v) is 13.3. The van der Waals surface area contributed by atoms with Crippen LogP contribution in [0.3, 0.4) is 0 Å². The van der Waals surface area contributed by atoms with Gasteiger partial charge >= 0.3 is 0 Å². The van der Waals surface area contributed by atoms with Gasteiger partial charge in [-0.1, -0.05) is 160 Å². The van der Waals surface area contributed by atoms with Gasteiger partial charge in [-0.3, -0.25) is 4.98 Å². The molecule has 0 aliphatic heterocycles. The Morgan fingerprint density at radius 2 is 1.37 bits per heavy atom. The molecule has 3 heterocycles. The van der Waals surface area contributed by atoms with E-state index in [1.807, 2.05) is 36.4 Å². The number of rotatable bonds is 8. The van der Waals surface area contributed by atoms with Crippen LogP contribution < -0.4 is 5.19 Å². The van der Waals surface area contributed by atoms with Gasteiger partial charge in [-0.05, 0) is 70.2 Å². The molecule has 0 amide bonds. The maximum absolute atomic E-state index is 6.43. The molecule has 0 atom stereocenters. The van der Waals surface area contributed by atoms with E-state index >= 15 is 0 Å². The molecule has 309 valence electrons. The second-order valence-electron chi connectivity index (χ2n) is 17.3. The minimum Gasteiger partial charge on any atom is -0.501 e. The summed E-state index contributed by atoms with van der Waals surface area (Å²) in [6.45, 7) is 13.9. The van der Waals surface area contributed by atoms with Crippen molar-refractivity contribution in [2.75, 3.05) is 0 Å². The number of nitrogens with zero attached hydrogens (tertiary/aromatic N) is 3. The molecular formula is C56H49IrN3OSi-2. The molecule has 0 saturated heterocycles. The fraction of sp³-hybridized carbons (Fsp3) is 0.143. The van der Waals surface area contributed by atoms with Gasteiger partial charge in [0.2, 0.25) is 0 Å². The predicted molar refractivity (Wildman–Crippen MR) is 258 cm³/mol. The molecule has 0 spiro atoms. The van der Waals surface area contributed by atoms with Gasteiger partial charge < -0.3 is 14.0 Å². The smallest absolute Gasteiger partial charge is 0.120 e. The first kappa shape index (κ1) is 42.5. The molecule has 0 saturated carbocycles. The van der Waals surface area contributed by atoms with E-state index < -0.39 is 8.07 Å². The van der Waals surface area contributed by atoms with Crippen LogP contribution in [0, 0.1) is 25.0 Å². The Hall–Kier alpha value is -6.17. The number of imidazole rings is 1. The van der Waals surface area contributed by atoms with Crippen LogP contribution >= 0.6 is 0 Å². The molecule has 0 bridgehead atoms. The summed E-state index contributed by atoms with van der Waals surface area (Å²) in [7, 11) is -1.35. The normalized spacial score (nSPS) is 11.5. The van der Waals surface area contributed by atoms with E-state index in [0.29, 0.717) is 5.92 Å². The molecule has 7 aromatic carbocycles. The SMILES string of the molecule is Cc1cc[c-]c(-c2cc(CC(C)C)c([Si](C)(C)C)cn2)c1.[Ir].[c-]1ccc2c(oc3ccccc32)c1-c1nc2ccccc2n1-c1ccc(-c2ccccc2)cc1-c1ccccc1. The van der Waals surface area contributed by atoms with E-state index in [1.54, 1.807) is 0 Å². The molecule has 1 radical (unpaired) electrons. The van der Waals surface area contributed by atoms with Crippen molar-refractivity contribution < 1.29 is 24.5 Å². The van der Waals surface area contributed by atoms with Crippen molar-refractivity contribution in [2.45, 2.75) is 46.8 Å². The molecule has 6 heteroatoms. The van der Waals surface area contributed by atoms with Crippen LogP contribution in [0.25, 0.3) is 83.6 Å². The molecule has 0 N–H and O–H groups in total. The number of aromatic nitrogens is 3. The number of para-hydroxylation sites is 3. The minimum atomic E-state index is -1.35.